The van der Waals surface area contributed by atoms with Gasteiger partial charge >= 0.3 is 0 Å². The van der Waals surface area contributed by atoms with E-state index in [4.69, 9.17) is 19.6 Å². The molecule has 164 valence electrons. The van der Waals surface area contributed by atoms with Crippen LogP contribution >= 0.6 is 11.3 Å². The van der Waals surface area contributed by atoms with Crippen molar-refractivity contribution < 1.29 is 19.4 Å². The molecule has 5 rings (SSSR count). The number of amides is 1. The van der Waals surface area contributed by atoms with Crippen molar-refractivity contribution in [3.63, 3.8) is 0 Å². The summed E-state index contributed by atoms with van der Waals surface area (Å²) >= 11 is 1.48. The normalized spacial score (nSPS) is 15.5. The van der Waals surface area contributed by atoms with E-state index in [1.807, 2.05) is 38.1 Å². The van der Waals surface area contributed by atoms with Gasteiger partial charge in [0.05, 0.1) is 29.6 Å². The van der Waals surface area contributed by atoms with Gasteiger partial charge in [-0.15, -0.1) is 0 Å². The minimum atomic E-state index is -0.207. The highest BCUT2D eigenvalue weighted by atomic mass is 32.1. The van der Waals surface area contributed by atoms with Crippen LogP contribution in [0.2, 0.25) is 0 Å². The number of thiazole rings is 1. The molecular formula is C23H22N4O4S. The number of ether oxygens (including phenoxy) is 2. The quantitative estimate of drug-likeness (QED) is 0.468. The van der Waals surface area contributed by atoms with E-state index >= 15 is 0 Å². The lowest BCUT2D eigenvalue weighted by Gasteiger charge is -2.24. The van der Waals surface area contributed by atoms with Gasteiger partial charge in [0.15, 0.2) is 11.5 Å². The number of fused-ring (bicyclic) bond motifs is 2. The fourth-order valence-electron chi connectivity index (χ4n) is 4.10. The third-order valence-corrected chi connectivity index (χ3v) is 6.55. The maximum atomic E-state index is 12.7. The molecule has 2 aromatic heterocycles. The minimum absolute atomic E-state index is 0.0772. The Labute approximate surface area is 188 Å². The number of rotatable bonds is 5. The SMILES string of the molecule is CCOc1cc(C2CC(=O)Nc3c2c(C)nn3-c2nc3ccc(OC)cc3s2)ccc1O. The number of aromatic hydroxyl groups is 1. The summed E-state index contributed by atoms with van der Waals surface area (Å²) < 4.78 is 13.5. The predicted octanol–water partition coefficient (Wildman–Crippen LogP) is 4.38. The van der Waals surface area contributed by atoms with Crippen LogP contribution in [0.1, 0.15) is 36.1 Å². The Morgan fingerprint density at radius 3 is 2.91 bits per heavy atom. The molecule has 0 saturated heterocycles. The van der Waals surface area contributed by atoms with E-state index in [2.05, 4.69) is 5.32 Å². The second kappa shape index (κ2) is 7.83. The summed E-state index contributed by atoms with van der Waals surface area (Å²) in [5.41, 5.74) is 3.48. The molecule has 1 amide bonds. The number of hydrogen-bond donors (Lipinski definition) is 2. The average Bonchev–Trinajstić information content (AvgIpc) is 3.35. The number of carbonyl (C=O) groups excluding carboxylic acids is 1. The smallest absolute Gasteiger partial charge is 0.226 e. The van der Waals surface area contributed by atoms with Crippen LogP contribution in [0.25, 0.3) is 15.3 Å². The van der Waals surface area contributed by atoms with E-state index in [-0.39, 0.29) is 24.0 Å². The molecule has 0 aliphatic carbocycles. The molecule has 0 spiro atoms. The van der Waals surface area contributed by atoms with Crippen molar-refractivity contribution in [1.29, 1.82) is 0 Å². The third-order valence-electron chi connectivity index (χ3n) is 5.55. The van der Waals surface area contributed by atoms with Crippen LogP contribution in [0.4, 0.5) is 5.82 Å². The molecule has 3 heterocycles. The van der Waals surface area contributed by atoms with E-state index in [1.165, 1.54) is 11.3 Å². The predicted molar refractivity (Wildman–Crippen MR) is 122 cm³/mol. The zero-order chi connectivity index (χ0) is 22.4. The van der Waals surface area contributed by atoms with Crippen molar-refractivity contribution in [2.24, 2.45) is 0 Å². The summed E-state index contributed by atoms with van der Waals surface area (Å²) in [6.45, 7) is 4.23. The molecule has 0 radical (unpaired) electrons. The zero-order valence-electron chi connectivity index (χ0n) is 17.9. The number of benzene rings is 2. The van der Waals surface area contributed by atoms with Gasteiger partial charge in [0, 0.05) is 17.9 Å². The molecule has 4 aromatic rings. The maximum Gasteiger partial charge on any atom is 0.226 e. The van der Waals surface area contributed by atoms with E-state index in [0.717, 1.165) is 32.8 Å². The number of methoxy groups -OCH3 is 1. The van der Waals surface area contributed by atoms with E-state index in [9.17, 15) is 9.90 Å². The van der Waals surface area contributed by atoms with Crippen molar-refractivity contribution in [1.82, 2.24) is 14.8 Å². The number of carbonyl (C=O) groups is 1. The highest BCUT2D eigenvalue weighted by molar-refractivity contribution is 7.20. The molecule has 2 N–H and O–H groups in total. The molecule has 0 bridgehead atoms. The van der Waals surface area contributed by atoms with Gasteiger partial charge in [0.2, 0.25) is 11.0 Å². The second-order valence-electron chi connectivity index (χ2n) is 7.55. The Hall–Kier alpha value is -3.59. The van der Waals surface area contributed by atoms with Gasteiger partial charge in [-0.25, -0.2) is 4.98 Å². The lowest BCUT2D eigenvalue weighted by atomic mass is 9.85. The summed E-state index contributed by atoms with van der Waals surface area (Å²) in [5.74, 6) is 1.56. The van der Waals surface area contributed by atoms with Gasteiger partial charge in [-0.1, -0.05) is 17.4 Å². The van der Waals surface area contributed by atoms with Crippen LogP contribution in [0.3, 0.4) is 0 Å². The molecular weight excluding hydrogens is 428 g/mol. The molecule has 8 nitrogen and oxygen atoms in total. The minimum Gasteiger partial charge on any atom is -0.504 e. The number of nitrogens with one attached hydrogen (secondary N) is 1. The fraction of sp³-hybridized carbons (Fsp3) is 0.261. The Bertz CT molecular complexity index is 1340. The molecule has 0 saturated carbocycles. The van der Waals surface area contributed by atoms with Crippen molar-refractivity contribution in [2.45, 2.75) is 26.2 Å². The Morgan fingerprint density at radius 1 is 1.28 bits per heavy atom. The summed E-state index contributed by atoms with van der Waals surface area (Å²) in [5, 5.41) is 18.5. The van der Waals surface area contributed by atoms with Gasteiger partial charge in [0.1, 0.15) is 11.6 Å². The maximum absolute atomic E-state index is 12.7. The van der Waals surface area contributed by atoms with E-state index < -0.39 is 0 Å². The lowest BCUT2D eigenvalue weighted by Crippen LogP contribution is -2.25. The number of anilines is 1. The van der Waals surface area contributed by atoms with Crippen LogP contribution in [-0.2, 0) is 4.79 Å². The number of hydrogen-bond acceptors (Lipinski definition) is 7. The largest absolute Gasteiger partial charge is 0.504 e. The van der Waals surface area contributed by atoms with Crippen molar-refractivity contribution >= 4 is 33.3 Å². The Kier molecular flexibility index (Phi) is 4.97. The molecule has 9 heteroatoms. The van der Waals surface area contributed by atoms with Crippen molar-refractivity contribution in [3.05, 3.63) is 53.2 Å². The van der Waals surface area contributed by atoms with Crippen LogP contribution in [0, 0.1) is 6.92 Å². The Morgan fingerprint density at radius 2 is 2.12 bits per heavy atom. The molecule has 1 unspecified atom stereocenters. The third kappa shape index (κ3) is 3.34. The standard InChI is InChI=1S/C23H22N4O4S/c1-4-31-18-9-13(5-8-17(18)28)15-11-20(29)25-22-21(15)12(2)26-27(22)23-24-16-7-6-14(30-3)10-19(16)32-23/h5-10,15,28H,4,11H2,1-3H3,(H,25,29). The van der Waals surface area contributed by atoms with Gasteiger partial charge in [-0.3, -0.25) is 4.79 Å². The summed E-state index contributed by atoms with van der Waals surface area (Å²) in [6.07, 6.45) is 0.285. The highest BCUT2D eigenvalue weighted by Gasteiger charge is 2.33. The number of aryl methyl sites for hydroxylation is 1. The monoisotopic (exact) mass is 450 g/mol. The van der Waals surface area contributed by atoms with Gasteiger partial charge in [-0.05, 0) is 49.7 Å². The average molecular weight is 451 g/mol. The molecule has 0 fully saturated rings. The van der Waals surface area contributed by atoms with Crippen LogP contribution in [0.15, 0.2) is 36.4 Å². The van der Waals surface area contributed by atoms with Crippen molar-refractivity contribution in [3.8, 4) is 22.4 Å². The van der Waals surface area contributed by atoms with Gasteiger partial charge in [0.25, 0.3) is 0 Å². The highest BCUT2D eigenvalue weighted by Crippen LogP contribution is 2.43. The first-order valence-electron chi connectivity index (χ1n) is 10.3. The van der Waals surface area contributed by atoms with Crippen molar-refractivity contribution in [2.75, 3.05) is 19.0 Å². The first-order valence-corrected chi connectivity index (χ1v) is 11.1. The number of phenolic OH excluding ortho intramolecular Hbond substituents is 1. The molecule has 2 aromatic carbocycles. The van der Waals surface area contributed by atoms with Crippen LogP contribution in [-0.4, -0.2) is 39.5 Å². The number of nitrogens with zero attached hydrogens (tertiary/aromatic N) is 3. The summed E-state index contributed by atoms with van der Waals surface area (Å²) in [4.78, 5) is 17.4. The Balaban J connectivity index is 1.62. The molecule has 1 aliphatic heterocycles. The number of phenols is 1. The van der Waals surface area contributed by atoms with Crippen LogP contribution < -0.4 is 14.8 Å². The number of aromatic nitrogens is 3. The van der Waals surface area contributed by atoms with Crippen LogP contribution in [0.5, 0.6) is 17.2 Å². The molecule has 1 aliphatic rings. The molecule has 32 heavy (non-hydrogen) atoms. The first-order chi connectivity index (χ1) is 15.5. The van der Waals surface area contributed by atoms with E-state index in [1.54, 1.807) is 23.9 Å². The molecule has 1 atom stereocenters. The summed E-state index contributed by atoms with van der Waals surface area (Å²) in [7, 11) is 1.63. The summed E-state index contributed by atoms with van der Waals surface area (Å²) in [6, 6.07) is 10.9. The fourth-order valence-corrected chi connectivity index (χ4v) is 5.05. The zero-order valence-corrected chi connectivity index (χ0v) is 18.7. The lowest BCUT2D eigenvalue weighted by molar-refractivity contribution is -0.116. The van der Waals surface area contributed by atoms with Gasteiger partial charge < -0.3 is 19.9 Å². The van der Waals surface area contributed by atoms with Gasteiger partial charge in [-0.2, -0.15) is 9.78 Å². The topological polar surface area (TPSA) is 98.5 Å². The second-order valence-corrected chi connectivity index (χ2v) is 8.56. The van der Waals surface area contributed by atoms with E-state index in [0.29, 0.717) is 23.3 Å². The first kappa shape index (κ1) is 20.3.